The Hall–Kier alpha value is -0.770. The van der Waals surface area contributed by atoms with Crippen molar-refractivity contribution in [2.45, 2.75) is 31.7 Å². The molecule has 0 radical (unpaired) electrons. The molecule has 22 heavy (non-hydrogen) atoms. The van der Waals surface area contributed by atoms with E-state index < -0.39 is 0 Å². The third-order valence-electron chi connectivity index (χ3n) is 5.08. The number of fused-ring (bicyclic) bond motifs is 1. The van der Waals surface area contributed by atoms with Crippen LogP contribution in [0.25, 0.3) is 0 Å². The van der Waals surface area contributed by atoms with Gasteiger partial charge in [0.2, 0.25) is 0 Å². The third-order valence-corrected chi connectivity index (χ3v) is 5.82. The van der Waals surface area contributed by atoms with Gasteiger partial charge in [-0.2, -0.15) is 0 Å². The summed E-state index contributed by atoms with van der Waals surface area (Å²) in [5.74, 6) is 1.51. The highest BCUT2D eigenvalue weighted by atomic mass is 35.5. The average Bonchev–Trinajstić information content (AvgIpc) is 2.50. The molecule has 3 rings (SSSR count). The van der Waals surface area contributed by atoms with Crippen LogP contribution in [0.15, 0.2) is 18.2 Å². The van der Waals surface area contributed by atoms with Crippen molar-refractivity contribution in [3.05, 3.63) is 33.8 Å². The Morgan fingerprint density at radius 2 is 2.00 bits per heavy atom. The monoisotopic (exact) mass is 340 g/mol. The molecule has 2 fully saturated rings. The Balaban J connectivity index is 1.59. The molecule has 0 bridgehead atoms. The summed E-state index contributed by atoms with van der Waals surface area (Å²) < 4.78 is 0. The molecule has 3 atom stereocenters. The van der Waals surface area contributed by atoms with Gasteiger partial charge in [0.25, 0.3) is 5.91 Å². The summed E-state index contributed by atoms with van der Waals surface area (Å²) >= 11 is 11.9. The van der Waals surface area contributed by atoms with E-state index in [2.05, 4.69) is 17.3 Å². The van der Waals surface area contributed by atoms with E-state index in [0.717, 1.165) is 24.7 Å². The minimum Gasteiger partial charge on any atom is -0.349 e. The van der Waals surface area contributed by atoms with Crippen LogP contribution in [0.2, 0.25) is 10.0 Å². The van der Waals surface area contributed by atoms with Crippen LogP contribution in [0.5, 0.6) is 0 Å². The van der Waals surface area contributed by atoms with Crippen LogP contribution in [0.3, 0.4) is 0 Å². The first-order chi connectivity index (χ1) is 10.5. The number of carbonyl (C=O) groups excluding carboxylic acids is 1. The molecule has 3 unspecified atom stereocenters. The molecule has 1 saturated heterocycles. The zero-order chi connectivity index (χ0) is 15.7. The lowest BCUT2D eigenvalue weighted by Crippen LogP contribution is -2.46. The Kier molecular flexibility index (Phi) is 4.96. The fourth-order valence-corrected chi connectivity index (χ4v) is 4.13. The summed E-state index contributed by atoms with van der Waals surface area (Å²) in [4.78, 5) is 14.8. The summed E-state index contributed by atoms with van der Waals surface area (Å²) in [7, 11) is 2.20. The molecule has 1 saturated carbocycles. The van der Waals surface area contributed by atoms with E-state index in [-0.39, 0.29) is 11.9 Å². The molecule has 1 aliphatic heterocycles. The van der Waals surface area contributed by atoms with Crippen LogP contribution in [-0.2, 0) is 0 Å². The van der Waals surface area contributed by atoms with Crippen LogP contribution in [0, 0.1) is 11.8 Å². The fourth-order valence-electron chi connectivity index (χ4n) is 3.84. The molecule has 0 aromatic heterocycles. The molecule has 5 heteroatoms. The quantitative estimate of drug-likeness (QED) is 0.886. The lowest BCUT2D eigenvalue weighted by atomic mass is 9.73. The highest BCUT2D eigenvalue weighted by Gasteiger charge is 2.34. The van der Waals surface area contributed by atoms with Crippen LogP contribution in [0.4, 0.5) is 0 Å². The zero-order valence-electron chi connectivity index (χ0n) is 12.8. The van der Waals surface area contributed by atoms with Crippen molar-refractivity contribution in [2.75, 3.05) is 20.1 Å². The van der Waals surface area contributed by atoms with E-state index in [1.165, 1.54) is 25.9 Å². The Morgan fingerprint density at radius 1 is 1.18 bits per heavy atom. The third kappa shape index (κ3) is 3.58. The number of nitrogens with one attached hydrogen (secondary N) is 1. The molecule has 2 aliphatic rings. The topological polar surface area (TPSA) is 32.3 Å². The van der Waals surface area contributed by atoms with Crippen LogP contribution < -0.4 is 5.32 Å². The number of benzene rings is 1. The first-order valence-electron chi connectivity index (χ1n) is 7.97. The minimum absolute atomic E-state index is 0.0463. The number of rotatable bonds is 2. The lowest BCUT2D eigenvalue weighted by molar-refractivity contribution is 0.0771. The van der Waals surface area contributed by atoms with Gasteiger partial charge in [0, 0.05) is 18.2 Å². The molecular formula is C17H22Cl2N2O. The normalized spacial score (nSPS) is 29.0. The number of piperidine rings is 1. The van der Waals surface area contributed by atoms with Crippen LogP contribution in [-0.4, -0.2) is 37.0 Å². The molecule has 1 N–H and O–H groups in total. The van der Waals surface area contributed by atoms with Crippen LogP contribution >= 0.6 is 23.2 Å². The number of nitrogens with zero attached hydrogens (tertiary/aromatic N) is 1. The molecular weight excluding hydrogens is 319 g/mol. The number of hydrogen-bond acceptors (Lipinski definition) is 2. The zero-order valence-corrected chi connectivity index (χ0v) is 14.3. The van der Waals surface area contributed by atoms with E-state index in [0.29, 0.717) is 15.6 Å². The maximum atomic E-state index is 12.4. The van der Waals surface area contributed by atoms with Gasteiger partial charge in [0.05, 0.1) is 10.0 Å². The van der Waals surface area contributed by atoms with Gasteiger partial charge in [0.15, 0.2) is 0 Å². The van der Waals surface area contributed by atoms with Crippen molar-refractivity contribution in [3.8, 4) is 0 Å². The highest BCUT2D eigenvalue weighted by molar-refractivity contribution is 6.42. The Morgan fingerprint density at radius 3 is 2.77 bits per heavy atom. The predicted octanol–water partition coefficient (Wildman–Crippen LogP) is 3.84. The second-order valence-electron chi connectivity index (χ2n) is 6.68. The second-order valence-corrected chi connectivity index (χ2v) is 7.50. The van der Waals surface area contributed by atoms with Gasteiger partial charge in [0.1, 0.15) is 0 Å². The van der Waals surface area contributed by atoms with Gasteiger partial charge >= 0.3 is 0 Å². The molecule has 1 aromatic carbocycles. The van der Waals surface area contributed by atoms with Gasteiger partial charge in [-0.1, -0.05) is 23.2 Å². The van der Waals surface area contributed by atoms with Gasteiger partial charge in [-0.05, 0) is 69.3 Å². The fraction of sp³-hybridized carbons (Fsp3) is 0.588. The van der Waals surface area contributed by atoms with Crippen LogP contribution in [0.1, 0.15) is 36.0 Å². The molecule has 120 valence electrons. The number of likely N-dealkylation sites (tertiary alicyclic amines) is 1. The van der Waals surface area contributed by atoms with E-state index in [1.54, 1.807) is 18.2 Å². The molecule has 1 aliphatic carbocycles. The van der Waals surface area contributed by atoms with E-state index >= 15 is 0 Å². The van der Waals surface area contributed by atoms with Crippen molar-refractivity contribution < 1.29 is 4.79 Å². The van der Waals surface area contributed by atoms with Gasteiger partial charge in [-0.15, -0.1) is 0 Å². The molecule has 1 amide bonds. The van der Waals surface area contributed by atoms with E-state index in [4.69, 9.17) is 23.2 Å². The van der Waals surface area contributed by atoms with Crippen molar-refractivity contribution >= 4 is 29.1 Å². The maximum absolute atomic E-state index is 12.4. The summed E-state index contributed by atoms with van der Waals surface area (Å²) in [6.45, 7) is 2.38. The number of hydrogen-bond donors (Lipinski definition) is 1. The van der Waals surface area contributed by atoms with Gasteiger partial charge in [-0.25, -0.2) is 0 Å². The minimum atomic E-state index is -0.0463. The summed E-state index contributed by atoms with van der Waals surface area (Å²) in [6.07, 6.45) is 4.63. The van der Waals surface area contributed by atoms with Crippen molar-refractivity contribution in [3.63, 3.8) is 0 Å². The highest BCUT2D eigenvalue weighted by Crippen LogP contribution is 2.36. The summed E-state index contributed by atoms with van der Waals surface area (Å²) in [6, 6.07) is 5.32. The van der Waals surface area contributed by atoms with Gasteiger partial charge in [-0.3, -0.25) is 4.79 Å². The molecule has 3 nitrogen and oxygen atoms in total. The number of halogens is 2. The SMILES string of the molecule is CN1CCC2CC(NC(=O)c3ccc(Cl)c(Cl)c3)CCC2C1. The second kappa shape index (κ2) is 6.77. The summed E-state index contributed by atoms with van der Waals surface area (Å²) in [5, 5.41) is 4.07. The largest absolute Gasteiger partial charge is 0.349 e. The average molecular weight is 341 g/mol. The van der Waals surface area contributed by atoms with Crippen molar-refractivity contribution in [1.82, 2.24) is 10.2 Å². The summed E-state index contributed by atoms with van der Waals surface area (Å²) in [5.41, 5.74) is 0.583. The molecule has 1 heterocycles. The Labute approximate surface area is 142 Å². The standard InChI is InChI=1S/C17H22Cl2N2O/c1-21-7-6-11-8-14(4-2-13(11)10-21)20-17(22)12-3-5-15(18)16(19)9-12/h3,5,9,11,13-14H,2,4,6-8,10H2,1H3,(H,20,22). The molecule has 1 aromatic rings. The maximum Gasteiger partial charge on any atom is 0.251 e. The number of carbonyl (C=O) groups is 1. The van der Waals surface area contributed by atoms with E-state index in [9.17, 15) is 4.79 Å². The first kappa shape index (κ1) is 16.1. The van der Waals surface area contributed by atoms with E-state index in [1.807, 2.05) is 0 Å². The predicted molar refractivity (Wildman–Crippen MR) is 90.7 cm³/mol. The van der Waals surface area contributed by atoms with Crippen molar-refractivity contribution in [2.24, 2.45) is 11.8 Å². The Bertz CT molecular complexity index is 564. The smallest absolute Gasteiger partial charge is 0.251 e. The van der Waals surface area contributed by atoms with Gasteiger partial charge < -0.3 is 10.2 Å². The molecule has 0 spiro atoms. The van der Waals surface area contributed by atoms with Crippen molar-refractivity contribution in [1.29, 1.82) is 0 Å². The number of amides is 1. The lowest BCUT2D eigenvalue weighted by Gasteiger charge is -2.42. The first-order valence-corrected chi connectivity index (χ1v) is 8.73.